The van der Waals surface area contributed by atoms with Crippen LogP contribution in [0.4, 0.5) is 0 Å². The number of nitrogens with one attached hydrogen (secondary N) is 2. The average Bonchev–Trinajstić information content (AvgIpc) is 4.06. The Morgan fingerprint density at radius 1 is 0.730 bits per heavy atom. The second kappa shape index (κ2) is 28.2. The number of hydrogen-bond acceptors (Lipinski definition) is 12. The molecule has 0 saturated heterocycles. The van der Waals surface area contributed by atoms with Gasteiger partial charge in [0, 0.05) is 50.4 Å². The van der Waals surface area contributed by atoms with Crippen LogP contribution in [0.3, 0.4) is 0 Å². The number of nitrogens with zero attached hydrogens (tertiary/aromatic N) is 1. The van der Waals surface area contributed by atoms with Gasteiger partial charge in [-0.2, -0.15) is 5.16 Å². The zero-order valence-corrected chi connectivity index (χ0v) is 41.5. The summed E-state index contributed by atoms with van der Waals surface area (Å²) >= 11 is 2.83. The summed E-state index contributed by atoms with van der Waals surface area (Å²) in [6, 6.07) is 9.35. The number of carbonyl (C=O) groups is 2. The maximum absolute atomic E-state index is 10.7. The van der Waals surface area contributed by atoms with E-state index in [0.29, 0.717) is 64.5 Å². The third kappa shape index (κ3) is 23.6. The van der Waals surface area contributed by atoms with Gasteiger partial charge in [0.1, 0.15) is 29.1 Å². The number of hydrogen-bond donors (Lipinski definition) is 3. The van der Waals surface area contributed by atoms with E-state index in [0.717, 1.165) is 66.0 Å². The normalized spacial score (nSPS) is 14.2. The summed E-state index contributed by atoms with van der Waals surface area (Å²) < 4.78 is 20.3. The van der Waals surface area contributed by atoms with E-state index in [1.165, 1.54) is 51.2 Å². The van der Waals surface area contributed by atoms with Crippen LogP contribution in [0.5, 0.6) is 5.75 Å². The summed E-state index contributed by atoms with van der Waals surface area (Å²) in [5, 5.41) is 19.7. The third-order valence-corrected chi connectivity index (χ3v) is 10.7. The van der Waals surface area contributed by atoms with E-state index in [9.17, 15) is 19.5 Å². The number of aromatic amines is 1. The van der Waals surface area contributed by atoms with Gasteiger partial charge in [0.15, 0.2) is 21.9 Å². The molecule has 0 fully saturated rings. The lowest BCUT2D eigenvalue weighted by Gasteiger charge is -2.04. The topological polar surface area (TPSA) is 161 Å². The number of furan rings is 1. The highest BCUT2D eigenvalue weighted by Crippen LogP contribution is 2.32. The smallest absolute Gasteiger partial charge is 0.280 e. The first-order valence-electron chi connectivity index (χ1n) is 22.0. The SMILES string of the molecule is C=C1NC=C(CC(C)C)O1.CC(C)CC1=CCC(=O)S1.CC(C)CC1=CCC(=O)S1.CC(C)Cc1cc(=O)[nH]o1.CC(C)c1ccc2c(O)coc2c1.Cc1cc(CC(C)C)on1. The van der Waals surface area contributed by atoms with E-state index in [4.69, 9.17) is 18.2 Å². The summed E-state index contributed by atoms with van der Waals surface area (Å²) in [5.41, 5.74) is 2.79. The van der Waals surface area contributed by atoms with Crippen molar-refractivity contribution < 1.29 is 32.9 Å². The van der Waals surface area contributed by atoms with Crippen molar-refractivity contribution in [1.82, 2.24) is 15.6 Å². The Kier molecular flexibility index (Phi) is 24.4. The first-order chi connectivity index (χ1) is 29.6. The van der Waals surface area contributed by atoms with Gasteiger partial charge >= 0.3 is 0 Å². The Bertz CT molecular complexity index is 2070. The fourth-order valence-corrected chi connectivity index (χ4v) is 8.00. The van der Waals surface area contributed by atoms with Gasteiger partial charge in [-0.1, -0.05) is 130 Å². The van der Waals surface area contributed by atoms with Crippen molar-refractivity contribution in [2.75, 3.05) is 0 Å². The van der Waals surface area contributed by atoms with Crippen molar-refractivity contribution >= 4 is 44.7 Å². The second-order valence-corrected chi connectivity index (χ2v) is 20.5. The van der Waals surface area contributed by atoms with E-state index in [1.807, 2.05) is 49.5 Å². The van der Waals surface area contributed by atoms with Crippen LogP contribution in [0.25, 0.3) is 11.0 Å². The molecular formula is C50H73N3O8S2. The van der Waals surface area contributed by atoms with Crippen LogP contribution in [0.15, 0.2) is 101 Å². The number of fused-ring (bicyclic) bond motifs is 1. The molecular weight excluding hydrogens is 835 g/mol. The van der Waals surface area contributed by atoms with Gasteiger partial charge in [-0.25, -0.2) is 0 Å². The molecule has 6 heterocycles. The second-order valence-electron chi connectivity index (χ2n) is 18.1. The zero-order valence-electron chi connectivity index (χ0n) is 39.9. The number of ether oxygens (including phenoxy) is 1. The standard InChI is InChI=1S/C11H12O2.2C8H13NO.2C8H12OS.C7H11NO2/c1-7(2)8-3-4-9-10(12)6-13-11(9)5-8;1-6(2)4-8-5-9-7(3)10-8;1-6(2)4-8-5-7(3)9-10-8;2*1-6(2)5-7-3-4-8(9)10-7;1-5(2)3-6-4-7(9)8-10-6/h3-7,12H,1-2H3;5-6,9H,3-4H2,1-2H3;5-6H,4H2,1-3H3;2*3,6H,4-5H2,1-2H3;4-5H,3H2,1-2H3,(H,8,9). The minimum Gasteiger partial charge on any atom is -0.504 e. The van der Waals surface area contributed by atoms with Crippen molar-refractivity contribution in [3.8, 4) is 5.75 Å². The number of thioether (sulfide) groups is 2. The van der Waals surface area contributed by atoms with Gasteiger partial charge in [-0.05, 0) is 89.4 Å². The highest BCUT2D eigenvalue weighted by Gasteiger charge is 2.15. The van der Waals surface area contributed by atoms with Crippen molar-refractivity contribution in [1.29, 1.82) is 0 Å². The molecule has 11 nitrogen and oxygen atoms in total. The molecule has 0 bridgehead atoms. The van der Waals surface area contributed by atoms with Gasteiger partial charge < -0.3 is 28.6 Å². The van der Waals surface area contributed by atoms with Crippen LogP contribution < -0.4 is 10.9 Å². The molecule has 0 amide bonds. The minimum absolute atomic E-state index is 0.157. The Morgan fingerprint density at radius 2 is 1.27 bits per heavy atom. The van der Waals surface area contributed by atoms with Crippen molar-refractivity contribution in [2.24, 2.45) is 29.6 Å². The number of H-pyrrole nitrogens is 1. The Hall–Kier alpha value is -4.62. The van der Waals surface area contributed by atoms with Gasteiger partial charge in [0.25, 0.3) is 5.56 Å². The molecule has 1 aromatic carbocycles. The lowest BCUT2D eigenvalue weighted by Crippen LogP contribution is -1.95. The molecule has 3 aliphatic heterocycles. The van der Waals surface area contributed by atoms with Crippen molar-refractivity contribution in [3.05, 3.63) is 116 Å². The quantitative estimate of drug-likeness (QED) is 0.131. The lowest BCUT2D eigenvalue weighted by molar-refractivity contribution is -0.110. The minimum atomic E-state index is -0.157. The number of allylic oxidation sites excluding steroid dienone is 5. The lowest BCUT2D eigenvalue weighted by atomic mass is 10.0. The maximum atomic E-state index is 10.7. The molecule has 0 aliphatic carbocycles. The molecule has 348 valence electrons. The monoisotopic (exact) mass is 907 g/mol. The Balaban J connectivity index is 0.000000261. The predicted octanol–water partition coefficient (Wildman–Crippen LogP) is 13.7. The molecule has 0 saturated carbocycles. The number of carbonyl (C=O) groups excluding carboxylic acids is 2. The first kappa shape index (κ1) is 54.5. The van der Waals surface area contributed by atoms with E-state index in [2.05, 4.69) is 105 Å². The summed E-state index contributed by atoms with van der Waals surface area (Å²) in [7, 11) is 0. The predicted molar refractivity (Wildman–Crippen MR) is 260 cm³/mol. The summed E-state index contributed by atoms with van der Waals surface area (Å²) in [4.78, 5) is 34.5. The fourth-order valence-electron chi connectivity index (χ4n) is 5.92. The van der Waals surface area contributed by atoms with Crippen LogP contribution in [0, 0.1) is 36.5 Å². The van der Waals surface area contributed by atoms with E-state index in [-0.39, 0.29) is 11.3 Å². The average molecular weight is 908 g/mol. The molecule has 3 aromatic heterocycles. The molecule has 0 radical (unpaired) electrons. The molecule has 0 unspecified atom stereocenters. The zero-order chi connectivity index (χ0) is 47.2. The molecule has 0 atom stereocenters. The summed E-state index contributed by atoms with van der Waals surface area (Å²) in [6.45, 7) is 31.3. The Morgan fingerprint density at radius 3 is 1.67 bits per heavy atom. The van der Waals surface area contributed by atoms with Gasteiger partial charge in [-0.15, -0.1) is 0 Å². The molecule has 3 N–H and O–H groups in total. The Labute approximate surface area is 384 Å². The van der Waals surface area contributed by atoms with Gasteiger partial charge in [0.2, 0.25) is 0 Å². The van der Waals surface area contributed by atoms with Crippen LogP contribution >= 0.6 is 23.5 Å². The number of benzene rings is 1. The van der Waals surface area contributed by atoms with Crippen molar-refractivity contribution in [3.63, 3.8) is 0 Å². The van der Waals surface area contributed by atoms with E-state index >= 15 is 0 Å². The highest BCUT2D eigenvalue weighted by atomic mass is 32.2. The molecule has 0 spiro atoms. The largest absolute Gasteiger partial charge is 0.504 e. The highest BCUT2D eigenvalue weighted by molar-refractivity contribution is 8.17. The van der Waals surface area contributed by atoms with Crippen LogP contribution in [-0.2, 0) is 27.2 Å². The summed E-state index contributed by atoms with van der Waals surface area (Å²) in [6.07, 6.45) is 13.5. The molecule has 7 rings (SSSR count). The number of aromatic nitrogens is 2. The third-order valence-electron chi connectivity index (χ3n) is 8.68. The number of aryl methyl sites for hydroxylation is 1. The molecule has 4 aromatic rings. The van der Waals surface area contributed by atoms with Crippen LogP contribution in [0.1, 0.15) is 144 Å². The first-order valence-corrected chi connectivity index (χ1v) is 23.6. The number of rotatable bonds is 11. The van der Waals surface area contributed by atoms with Crippen molar-refractivity contribution in [2.45, 2.75) is 141 Å². The van der Waals surface area contributed by atoms with Gasteiger partial charge in [0.05, 0.1) is 11.1 Å². The van der Waals surface area contributed by atoms with Crippen LogP contribution in [0.2, 0.25) is 0 Å². The van der Waals surface area contributed by atoms with Gasteiger partial charge in [-0.3, -0.25) is 14.4 Å². The van der Waals surface area contributed by atoms with E-state index < -0.39 is 0 Å². The maximum Gasteiger partial charge on any atom is 0.280 e. The van der Waals surface area contributed by atoms with E-state index in [1.54, 1.807) is 0 Å². The molecule has 3 aliphatic rings. The summed E-state index contributed by atoms with van der Waals surface area (Å²) in [5.74, 6) is 7.20. The van der Waals surface area contributed by atoms with Crippen LogP contribution in [-0.4, -0.2) is 25.7 Å². The number of aromatic hydroxyl groups is 1. The fraction of sp³-hybridized carbons (Fsp3) is 0.520. The molecule has 13 heteroatoms. The molecule has 63 heavy (non-hydrogen) atoms.